The van der Waals surface area contributed by atoms with Gasteiger partial charge >= 0.3 is 0 Å². The fraction of sp³-hybridized carbons (Fsp3) is 0.333. The standard InChI is InChI=1S/C12H13F2N3O/c1-7(15)2-12-16-11(17-18-12)5-8-3-9(13)6-10(14)4-8/h3-4,6-7H,2,5,15H2,1H3. The molecule has 0 fully saturated rings. The molecule has 1 heterocycles. The maximum atomic E-state index is 13.0. The lowest BCUT2D eigenvalue weighted by molar-refractivity contribution is 0.367. The third-order valence-electron chi connectivity index (χ3n) is 2.29. The summed E-state index contributed by atoms with van der Waals surface area (Å²) in [6.07, 6.45) is 0.696. The molecule has 96 valence electrons. The summed E-state index contributed by atoms with van der Waals surface area (Å²) in [5.74, 6) is -0.430. The van der Waals surface area contributed by atoms with Crippen LogP contribution >= 0.6 is 0 Å². The molecule has 0 amide bonds. The minimum absolute atomic E-state index is 0.0788. The van der Waals surface area contributed by atoms with Crippen LogP contribution in [0, 0.1) is 11.6 Å². The molecule has 0 aliphatic rings. The second-order valence-electron chi connectivity index (χ2n) is 4.24. The lowest BCUT2D eigenvalue weighted by atomic mass is 10.1. The average Bonchev–Trinajstić information content (AvgIpc) is 2.62. The van der Waals surface area contributed by atoms with E-state index >= 15 is 0 Å². The van der Waals surface area contributed by atoms with Gasteiger partial charge in [0.2, 0.25) is 5.89 Å². The number of nitrogens with zero attached hydrogens (tertiary/aromatic N) is 2. The summed E-state index contributed by atoms with van der Waals surface area (Å²) in [7, 11) is 0. The molecule has 2 N–H and O–H groups in total. The molecule has 6 heteroatoms. The lowest BCUT2D eigenvalue weighted by Gasteiger charge is -1.98. The van der Waals surface area contributed by atoms with Gasteiger partial charge in [-0.3, -0.25) is 0 Å². The minimum atomic E-state index is -0.621. The first-order chi connectivity index (χ1) is 8.52. The Bertz CT molecular complexity index is 520. The number of aromatic nitrogens is 2. The van der Waals surface area contributed by atoms with Gasteiger partial charge in [-0.25, -0.2) is 8.78 Å². The first kappa shape index (κ1) is 12.6. The lowest BCUT2D eigenvalue weighted by Crippen LogP contribution is -2.17. The van der Waals surface area contributed by atoms with Crippen molar-refractivity contribution in [3.63, 3.8) is 0 Å². The summed E-state index contributed by atoms with van der Waals surface area (Å²) in [6.45, 7) is 1.83. The van der Waals surface area contributed by atoms with E-state index in [4.69, 9.17) is 10.3 Å². The Labute approximate surface area is 103 Å². The number of benzene rings is 1. The maximum absolute atomic E-state index is 13.0. The molecule has 1 unspecified atom stereocenters. The number of halogens is 2. The number of hydrogen-bond donors (Lipinski definition) is 1. The monoisotopic (exact) mass is 253 g/mol. The van der Waals surface area contributed by atoms with Crippen LogP contribution in [0.3, 0.4) is 0 Å². The van der Waals surface area contributed by atoms with Crippen LogP contribution in [0.25, 0.3) is 0 Å². The highest BCUT2D eigenvalue weighted by Gasteiger charge is 2.10. The van der Waals surface area contributed by atoms with Gasteiger partial charge in [0.15, 0.2) is 5.82 Å². The van der Waals surface area contributed by atoms with Gasteiger partial charge in [-0.15, -0.1) is 0 Å². The number of nitrogens with two attached hydrogens (primary N) is 1. The van der Waals surface area contributed by atoms with Gasteiger partial charge in [0.05, 0.1) is 0 Å². The summed E-state index contributed by atoms with van der Waals surface area (Å²) in [6, 6.07) is 3.22. The van der Waals surface area contributed by atoms with Gasteiger partial charge in [0, 0.05) is 24.9 Å². The van der Waals surface area contributed by atoms with Crippen LogP contribution in [0.5, 0.6) is 0 Å². The molecule has 2 aromatic rings. The maximum Gasteiger partial charge on any atom is 0.228 e. The molecule has 0 radical (unpaired) electrons. The van der Waals surface area contributed by atoms with Crippen LogP contribution in [0.15, 0.2) is 22.7 Å². The van der Waals surface area contributed by atoms with Crippen molar-refractivity contribution in [1.29, 1.82) is 0 Å². The van der Waals surface area contributed by atoms with E-state index in [1.54, 1.807) is 0 Å². The molecule has 1 aromatic carbocycles. The second kappa shape index (κ2) is 5.22. The van der Waals surface area contributed by atoms with E-state index in [0.717, 1.165) is 6.07 Å². The van der Waals surface area contributed by atoms with Crippen molar-refractivity contribution >= 4 is 0 Å². The molecule has 4 nitrogen and oxygen atoms in total. The van der Waals surface area contributed by atoms with Crippen molar-refractivity contribution in [3.8, 4) is 0 Å². The molecular formula is C12H13F2N3O. The van der Waals surface area contributed by atoms with E-state index in [9.17, 15) is 8.78 Å². The van der Waals surface area contributed by atoms with E-state index in [1.165, 1.54) is 12.1 Å². The molecule has 18 heavy (non-hydrogen) atoms. The first-order valence-corrected chi connectivity index (χ1v) is 5.55. The highest BCUT2D eigenvalue weighted by molar-refractivity contribution is 5.21. The normalized spacial score (nSPS) is 12.7. The van der Waals surface area contributed by atoms with Gasteiger partial charge in [-0.2, -0.15) is 4.98 Å². The van der Waals surface area contributed by atoms with Crippen molar-refractivity contribution < 1.29 is 13.3 Å². The van der Waals surface area contributed by atoms with Gasteiger partial charge < -0.3 is 10.3 Å². The third kappa shape index (κ3) is 3.33. The Morgan fingerprint density at radius 1 is 1.28 bits per heavy atom. The molecule has 0 aliphatic carbocycles. The highest BCUT2D eigenvalue weighted by Crippen LogP contribution is 2.12. The average molecular weight is 253 g/mol. The summed E-state index contributed by atoms with van der Waals surface area (Å²) in [5.41, 5.74) is 6.06. The molecular weight excluding hydrogens is 240 g/mol. The summed E-state index contributed by atoms with van der Waals surface area (Å²) in [5, 5.41) is 3.74. The molecule has 0 saturated carbocycles. The zero-order valence-corrected chi connectivity index (χ0v) is 9.86. The Morgan fingerprint density at radius 2 is 1.94 bits per heavy atom. The smallest absolute Gasteiger partial charge is 0.228 e. The van der Waals surface area contributed by atoms with Crippen LogP contribution < -0.4 is 5.73 Å². The Morgan fingerprint density at radius 3 is 2.56 bits per heavy atom. The summed E-state index contributed by atoms with van der Waals surface area (Å²) in [4.78, 5) is 4.10. The van der Waals surface area contributed by atoms with Crippen molar-refractivity contribution in [2.75, 3.05) is 0 Å². The molecule has 1 aromatic heterocycles. The quantitative estimate of drug-likeness (QED) is 0.902. The zero-order chi connectivity index (χ0) is 13.1. The first-order valence-electron chi connectivity index (χ1n) is 5.55. The van der Waals surface area contributed by atoms with E-state index in [1.807, 2.05) is 6.92 Å². The molecule has 0 bridgehead atoms. The SMILES string of the molecule is CC(N)Cc1nc(Cc2cc(F)cc(F)c2)no1. The van der Waals surface area contributed by atoms with E-state index in [-0.39, 0.29) is 12.5 Å². The van der Waals surface area contributed by atoms with Crippen molar-refractivity contribution in [2.24, 2.45) is 5.73 Å². The highest BCUT2D eigenvalue weighted by atomic mass is 19.1. The van der Waals surface area contributed by atoms with Crippen LogP contribution in [0.4, 0.5) is 8.78 Å². The predicted molar refractivity (Wildman–Crippen MR) is 60.8 cm³/mol. The number of rotatable bonds is 4. The van der Waals surface area contributed by atoms with Gasteiger partial charge in [-0.05, 0) is 24.6 Å². The molecule has 1 atom stereocenters. The fourth-order valence-corrected chi connectivity index (χ4v) is 1.62. The Hall–Kier alpha value is -1.82. The topological polar surface area (TPSA) is 64.9 Å². The molecule has 0 saturated heterocycles. The van der Waals surface area contributed by atoms with Crippen LogP contribution in [0.1, 0.15) is 24.2 Å². The van der Waals surface area contributed by atoms with E-state index < -0.39 is 11.6 Å². The predicted octanol–water partition coefficient (Wildman–Crippen LogP) is 1.83. The van der Waals surface area contributed by atoms with Crippen molar-refractivity contribution in [3.05, 3.63) is 47.1 Å². The molecule has 0 spiro atoms. The molecule has 2 rings (SSSR count). The Kier molecular flexibility index (Phi) is 3.66. The second-order valence-corrected chi connectivity index (χ2v) is 4.24. The summed E-state index contributed by atoms with van der Waals surface area (Å²) < 4.78 is 31.0. The van der Waals surface area contributed by atoms with Crippen LogP contribution in [0.2, 0.25) is 0 Å². The number of hydrogen-bond acceptors (Lipinski definition) is 4. The Balaban J connectivity index is 2.11. The minimum Gasteiger partial charge on any atom is -0.339 e. The van der Waals surface area contributed by atoms with Crippen molar-refractivity contribution in [1.82, 2.24) is 10.1 Å². The van der Waals surface area contributed by atoms with Crippen LogP contribution in [-0.2, 0) is 12.8 Å². The van der Waals surface area contributed by atoms with Gasteiger partial charge in [0.25, 0.3) is 0 Å². The largest absolute Gasteiger partial charge is 0.339 e. The van der Waals surface area contributed by atoms with E-state index in [0.29, 0.717) is 23.7 Å². The van der Waals surface area contributed by atoms with Crippen molar-refractivity contribution in [2.45, 2.75) is 25.8 Å². The third-order valence-corrected chi connectivity index (χ3v) is 2.29. The zero-order valence-electron chi connectivity index (χ0n) is 9.86. The van der Waals surface area contributed by atoms with Gasteiger partial charge in [0.1, 0.15) is 11.6 Å². The van der Waals surface area contributed by atoms with E-state index in [2.05, 4.69) is 10.1 Å². The molecule has 0 aliphatic heterocycles. The van der Waals surface area contributed by atoms with Crippen LogP contribution in [-0.4, -0.2) is 16.2 Å². The fourth-order valence-electron chi connectivity index (χ4n) is 1.62. The summed E-state index contributed by atoms with van der Waals surface area (Å²) >= 11 is 0. The van der Waals surface area contributed by atoms with Gasteiger partial charge in [-0.1, -0.05) is 5.16 Å².